The van der Waals surface area contributed by atoms with Crippen molar-refractivity contribution in [2.45, 2.75) is 38.2 Å². The average molecular weight is 596 g/mol. The fourth-order valence-electron chi connectivity index (χ4n) is 5.36. The molecule has 2 unspecified atom stereocenters. The lowest BCUT2D eigenvalue weighted by Crippen LogP contribution is -2.30. The molecule has 0 bridgehead atoms. The summed E-state index contributed by atoms with van der Waals surface area (Å²) in [5.41, 5.74) is 3.50. The van der Waals surface area contributed by atoms with E-state index in [0.29, 0.717) is 33.7 Å². The second-order valence-corrected chi connectivity index (χ2v) is 11.0. The van der Waals surface area contributed by atoms with Crippen LogP contribution in [0.2, 0.25) is 5.02 Å². The van der Waals surface area contributed by atoms with Gasteiger partial charge in [-0.2, -0.15) is 8.78 Å². The third-order valence-electron chi connectivity index (χ3n) is 7.60. The number of amides is 1. The highest BCUT2D eigenvalue weighted by atomic mass is 35.5. The van der Waals surface area contributed by atoms with Gasteiger partial charge in [-0.25, -0.2) is 9.37 Å². The molecular formula is C31H25ClF3N3O4. The van der Waals surface area contributed by atoms with E-state index in [2.05, 4.69) is 15.0 Å². The van der Waals surface area contributed by atoms with Crippen molar-refractivity contribution in [3.05, 3.63) is 81.9 Å². The summed E-state index contributed by atoms with van der Waals surface area (Å²) in [7, 11) is 0. The number of nitrogens with zero attached hydrogens (tertiary/aromatic N) is 2. The van der Waals surface area contributed by atoms with Crippen LogP contribution in [0, 0.1) is 18.7 Å². The summed E-state index contributed by atoms with van der Waals surface area (Å²) in [5.74, 6) is -1.24. The van der Waals surface area contributed by atoms with Crippen molar-refractivity contribution < 1.29 is 32.2 Å². The minimum absolute atomic E-state index is 0.0691. The maximum atomic E-state index is 13.9. The van der Waals surface area contributed by atoms with E-state index in [4.69, 9.17) is 21.3 Å². The van der Waals surface area contributed by atoms with Gasteiger partial charge in [0.15, 0.2) is 5.75 Å². The summed E-state index contributed by atoms with van der Waals surface area (Å²) in [6, 6.07) is 10.7. The molecular weight excluding hydrogens is 571 g/mol. The molecule has 4 aromatic rings. The van der Waals surface area contributed by atoms with Gasteiger partial charge >= 0.3 is 6.61 Å². The van der Waals surface area contributed by atoms with E-state index >= 15 is 0 Å². The number of rotatable bonds is 9. The quantitative estimate of drug-likeness (QED) is 0.219. The molecule has 0 saturated heterocycles. The zero-order valence-corrected chi connectivity index (χ0v) is 23.1. The number of halogens is 4. The predicted octanol–water partition coefficient (Wildman–Crippen LogP) is 6.60. The maximum Gasteiger partial charge on any atom is 0.387 e. The van der Waals surface area contributed by atoms with Crippen molar-refractivity contribution in [3.63, 3.8) is 0 Å². The van der Waals surface area contributed by atoms with Crippen LogP contribution >= 0.6 is 11.6 Å². The Kier molecular flexibility index (Phi) is 7.49. The Bertz CT molecular complexity index is 1710. The third kappa shape index (κ3) is 5.51. The molecule has 1 amide bonds. The van der Waals surface area contributed by atoms with Crippen LogP contribution in [0.1, 0.15) is 51.9 Å². The molecule has 2 aromatic carbocycles. The zero-order chi connectivity index (χ0) is 29.5. The fourth-order valence-corrected chi connectivity index (χ4v) is 5.55. The lowest BCUT2D eigenvalue weighted by molar-refractivity contribution is -0.109. The number of aryl methyl sites for hydroxylation is 1. The van der Waals surface area contributed by atoms with Gasteiger partial charge in [-0.15, -0.1) is 0 Å². The molecule has 1 aliphatic carbocycles. The summed E-state index contributed by atoms with van der Waals surface area (Å²) in [6.45, 7) is -0.897. The number of benzene rings is 2. The summed E-state index contributed by atoms with van der Waals surface area (Å²) >= 11 is 6.06. The van der Waals surface area contributed by atoms with Crippen LogP contribution in [0.4, 0.5) is 13.2 Å². The number of nitrogens with one attached hydrogen (secondary N) is 1. The van der Waals surface area contributed by atoms with Crippen LogP contribution in [-0.4, -0.2) is 41.9 Å². The van der Waals surface area contributed by atoms with Crippen LogP contribution in [-0.2, 0) is 4.79 Å². The van der Waals surface area contributed by atoms with Crippen LogP contribution in [0.5, 0.6) is 11.5 Å². The van der Waals surface area contributed by atoms with E-state index in [1.165, 1.54) is 18.2 Å². The largest absolute Gasteiger partial charge is 0.490 e. The number of alkyl halides is 2. The number of ether oxygens (including phenoxy) is 2. The second kappa shape index (κ2) is 11.2. The van der Waals surface area contributed by atoms with Gasteiger partial charge in [-0.3, -0.25) is 9.78 Å². The van der Waals surface area contributed by atoms with Crippen LogP contribution < -0.4 is 14.8 Å². The monoisotopic (exact) mass is 595 g/mol. The number of aromatic nitrogens is 2. The molecule has 2 aliphatic rings. The van der Waals surface area contributed by atoms with E-state index in [1.807, 2.05) is 13.0 Å². The number of aldehydes is 1. The van der Waals surface area contributed by atoms with Crippen molar-refractivity contribution in [3.8, 4) is 22.8 Å². The van der Waals surface area contributed by atoms with E-state index in [1.54, 1.807) is 24.4 Å². The summed E-state index contributed by atoms with van der Waals surface area (Å²) in [6.07, 6.45) is 4.22. The minimum atomic E-state index is -3.08. The number of pyridine rings is 2. The van der Waals surface area contributed by atoms with Gasteiger partial charge in [-0.05, 0) is 73.7 Å². The third-order valence-corrected chi connectivity index (χ3v) is 7.89. The molecule has 7 nitrogen and oxygen atoms in total. The van der Waals surface area contributed by atoms with Crippen molar-refractivity contribution in [2.24, 2.45) is 5.92 Å². The molecule has 0 radical (unpaired) electrons. The van der Waals surface area contributed by atoms with Crippen molar-refractivity contribution in [1.82, 2.24) is 15.3 Å². The first-order chi connectivity index (χ1) is 20.2. The van der Waals surface area contributed by atoms with Gasteiger partial charge < -0.3 is 19.6 Å². The highest BCUT2D eigenvalue weighted by molar-refractivity contribution is 6.31. The zero-order valence-electron chi connectivity index (χ0n) is 22.4. The molecule has 216 valence electrons. The summed E-state index contributed by atoms with van der Waals surface area (Å²) in [4.78, 5) is 34.2. The average Bonchev–Trinajstić information content (AvgIpc) is 3.71. The number of fused-ring (bicyclic) bond motifs is 2. The van der Waals surface area contributed by atoms with Gasteiger partial charge in [-0.1, -0.05) is 11.6 Å². The Hall–Kier alpha value is -4.18. The molecule has 6 rings (SSSR count). The fraction of sp³-hybridized carbons (Fsp3) is 0.290. The standard InChI is InChI=1S/C31H25ClF3N3O4/c1-15-6-18-7-19(9-26(42-31(34)35)27(18)36-11-15)30(40)37-12-22(16-2-3-16)25-10-21-20(13-39)14-41-29(21)28(38-25)17-4-5-24(33)23(32)8-17/h4-11,13,16,20,22,31H,2-3,12,14H2,1H3,(H,37,40). The molecule has 42 heavy (non-hydrogen) atoms. The van der Waals surface area contributed by atoms with Gasteiger partial charge in [0, 0.05) is 46.4 Å². The van der Waals surface area contributed by atoms with Gasteiger partial charge in [0.2, 0.25) is 0 Å². The molecule has 2 atom stereocenters. The first kappa shape index (κ1) is 28.0. The molecule has 1 fully saturated rings. The Morgan fingerprint density at radius 1 is 1.21 bits per heavy atom. The number of carbonyl (C=O) groups is 2. The predicted molar refractivity (Wildman–Crippen MR) is 150 cm³/mol. The highest BCUT2D eigenvalue weighted by Gasteiger charge is 2.36. The SMILES string of the molecule is Cc1cnc2c(OC(F)F)cc(C(=O)NCC(c3cc4c(c(-c5ccc(F)c(Cl)c5)n3)OCC4C=O)C3CC3)cc2c1. The summed E-state index contributed by atoms with van der Waals surface area (Å²) < 4.78 is 50.7. The lowest BCUT2D eigenvalue weighted by Gasteiger charge is -2.20. The normalized spacial score (nSPS) is 16.7. The molecule has 3 heterocycles. The smallest absolute Gasteiger partial charge is 0.387 e. The molecule has 11 heteroatoms. The molecule has 1 saturated carbocycles. The minimum Gasteiger partial charge on any atom is -0.490 e. The van der Waals surface area contributed by atoms with Gasteiger partial charge in [0.1, 0.15) is 35.7 Å². The number of carbonyl (C=O) groups excluding carboxylic acids is 2. The highest BCUT2D eigenvalue weighted by Crippen LogP contribution is 2.46. The van der Waals surface area contributed by atoms with Crippen molar-refractivity contribution in [1.29, 1.82) is 0 Å². The Balaban J connectivity index is 1.33. The number of hydrogen-bond donors (Lipinski definition) is 1. The van der Waals surface area contributed by atoms with E-state index in [-0.39, 0.29) is 46.8 Å². The van der Waals surface area contributed by atoms with E-state index < -0.39 is 24.3 Å². The van der Waals surface area contributed by atoms with Crippen molar-refractivity contribution in [2.75, 3.05) is 13.2 Å². The molecule has 2 aromatic heterocycles. The molecule has 1 N–H and O–H groups in total. The lowest BCUT2D eigenvalue weighted by atomic mass is 9.93. The topological polar surface area (TPSA) is 90.4 Å². The first-order valence-corrected chi connectivity index (χ1v) is 13.8. The Labute approximate surface area is 244 Å². The van der Waals surface area contributed by atoms with Crippen LogP contribution in [0.25, 0.3) is 22.2 Å². The molecule has 1 aliphatic heterocycles. The first-order valence-electron chi connectivity index (χ1n) is 13.4. The Morgan fingerprint density at radius 2 is 2.02 bits per heavy atom. The van der Waals surface area contributed by atoms with Crippen LogP contribution in [0.15, 0.2) is 48.7 Å². The maximum absolute atomic E-state index is 13.9. The van der Waals surface area contributed by atoms with Gasteiger partial charge in [0.25, 0.3) is 5.91 Å². The van der Waals surface area contributed by atoms with Gasteiger partial charge in [0.05, 0.1) is 10.9 Å². The summed E-state index contributed by atoms with van der Waals surface area (Å²) in [5, 5.41) is 3.36. The molecule has 0 spiro atoms. The van der Waals surface area contributed by atoms with E-state index in [0.717, 1.165) is 24.7 Å². The Morgan fingerprint density at radius 3 is 2.74 bits per heavy atom. The number of hydrogen-bond acceptors (Lipinski definition) is 6. The van der Waals surface area contributed by atoms with Crippen LogP contribution in [0.3, 0.4) is 0 Å². The van der Waals surface area contributed by atoms with E-state index in [9.17, 15) is 22.8 Å². The second-order valence-electron chi connectivity index (χ2n) is 10.6. The van der Waals surface area contributed by atoms with Crippen molar-refractivity contribution >= 4 is 34.7 Å².